The number of fused-ring (bicyclic) bond motifs is 1. The predicted molar refractivity (Wildman–Crippen MR) is 47.8 cm³/mol. The first-order valence-corrected chi connectivity index (χ1v) is 4.57. The Hall–Kier alpha value is -0.830. The summed E-state index contributed by atoms with van der Waals surface area (Å²) in [5, 5.41) is 0. The smallest absolute Gasteiger partial charge is 0.0952 e. The Morgan fingerprint density at radius 2 is 2.58 bits per heavy atom. The molecule has 1 aliphatic rings. The van der Waals surface area contributed by atoms with E-state index in [1.807, 2.05) is 6.33 Å². The van der Waals surface area contributed by atoms with Crippen molar-refractivity contribution in [3.63, 3.8) is 0 Å². The van der Waals surface area contributed by atoms with Gasteiger partial charge in [-0.05, 0) is 18.8 Å². The van der Waals surface area contributed by atoms with Crippen molar-refractivity contribution in [1.29, 1.82) is 0 Å². The minimum absolute atomic E-state index is 0.576. The van der Waals surface area contributed by atoms with Crippen LogP contribution in [0.15, 0.2) is 6.33 Å². The van der Waals surface area contributed by atoms with Gasteiger partial charge in [0.25, 0.3) is 0 Å². The third-order valence-corrected chi connectivity index (χ3v) is 2.65. The minimum Gasteiger partial charge on any atom is -0.334 e. The van der Waals surface area contributed by atoms with Crippen molar-refractivity contribution in [2.24, 2.45) is 5.73 Å². The molecule has 12 heavy (non-hydrogen) atoms. The minimum atomic E-state index is 0.576. The molecule has 0 aromatic carbocycles. The first kappa shape index (κ1) is 7.80. The zero-order valence-electron chi connectivity index (χ0n) is 7.45. The van der Waals surface area contributed by atoms with Crippen LogP contribution >= 0.6 is 0 Å². The molecule has 0 saturated heterocycles. The molecule has 0 aliphatic carbocycles. The van der Waals surface area contributed by atoms with E-state index in [0.29, 0.717) is 12.5 Å². The van der Waals surface area contributed by atoms with Gasteiger partial charge < -0.3 is 10.3 Å². The summed E-state index contributed by atoms with van der Waals surface area (Å²) in [6.07, 6.45) is 4.47. The molecular formula is C9H15N3. The molecule has 0 saturated carbocycles. The topological polar surface area (TPSA) is 43.8 Å². The molecule has 3 heteroatoms. The Kier molecular flexibility index (Phi) is 1.89. The van der Waals surface area contributed by atoms with Gasteiger partial charge in [-0.1, -0.05) is 6.92 Å². The summed E-state index contributed by atoms with van der Waals surface area (Å²) in [7, 11) is 0. The third-order valence-electron chi connectivity index (χ3n) is 2.65. The predicted octanol–water partition coefficient (Wildman–Crippen LogP) is 1.24. The van der Waals surface area contributed by atoms with Gasteiger partial charge in [0.1, 0.15) is 0 Å². The molecule has 3 nitrogen and oxygen atoms in total. The fourth-order valence-electron chi connectivity index (χ4n) is 2.04. The lowest BCUT2D eigenvalue weighted by molar-refractivity contribution is 0.471. The number of hydrogen-bond acceptors (Lipinski definition) is 2. The van der Waals surface area contributed by atoms with E-state index in [1.165, 1.54) is 18.5 Å². The van der Waals surface area contributed by atoms with Crippen molar-refractivity contribution in [3.8, 4) is 0 Å². The maximum absolute atomic E-state index is 5.60. The van der Waals surface area contributed by atoms with Crippen LogP contribution in [0.2, 0.25) is 0 Å². The summed E-state index contributed by atoms with van der Waals surface area (Å²) in [5.41, 5.74) is 8.05. The number of nitrogens with two attached hydrogens (primary N) is 1. The standard InChI is InChI=1S/C9H15N3/c1-7-3-2-4-12-6-11-8(5-10)9(7)12/h6-7H,2-5,10H2,1H3. The highest BCUT2D eigenvalue weighted by atomic mass is 15.1. The second kappa shape index (κ2) is 2.90. The maximum Gasteiger partial charge on any atom is 0.0952 e. The lowest BCUT2D eigenvalue weighted by Gasteiger charge is -2.21. The Bertz CT molecular complexity index is 264. The lowest BCUT2D eigenvalue weighted by atomic mass is 9.96. The molecule has 1 unspecified atom stereocenters. The van der Waals surface area contributed by atoms with Crippen LogP contribution in [0.25, 0.3) is 0 Å². The highest BCUT2D eigenvalue weighted by Crippen LogP contribution is 2.28. The van der Waals surface area contributed by atoms with E-state index in [9.17, 15) is 0 Å². The van der Waals surface area contributed by atoms with Crippen molar-refractivity contribution < 1.29 is 0 Å². The molecule has 0 spiro atoms. The van der Waals surface area contributed by atoms with Gasteiger partial charge in [-0.2, -0.15) is 0 Å². The molecule has 0 amide bonds. The molecular weight excluding hydrogens is 150 g/mol. The second-order valence-corrected chi connectivity index (χ2v) is 3.52. The number of aromatic nitrogens is 2. The molecule has 0 radical (unpaired) electrons. The second-order valence-electron chi connectivity index (χ2n) is 3.52. The van der Waals surface area contributed by atoms with E-state index in [0.717, 1.165) is 12.2 Å². The first-order valence-electron chi connectivity index (χ1n) is 4.57. The van der Waals surface area contributed by atoms with E-state index in [-0.39, 0.29) is 0 Å². The van der Waals surface area contributed by atoms with Gasteiger partial charge in [0.2, 0.25) is 0 Å². The van der Waals surface area contributed by atoms with Crippen LogP contribution in [0.4, 0.5) is 0 Å². The molecule has 1 atom stereocenters. The molecule has 0 fully saturated rings. The van der Waals surface area contributed by atoms with E-state index < -0.39 is 0 Å². The van der Waals surface area contributed by atoms with E-state index in [1.54, 1.807) is 0 Å². The van der Waals surface area contributed by atoms with Crippen LogP contribution in [0.5, 0.6) is 0 Å². The fourth-order valence-corrected chi connectivity index (χ4v) is 2.04. The number of hydrogen-bond donors (Lipinski definition) is 1. The normalized spacial score (nSPS) is 22.3. The Morgan fingerprint density at radius 3 is 3.33 bits per heavy atom. The van der Waals surface area contributed by atoms with Crippen LogP contribution in [0.1, 0.15) is 37.1 Å². The van der Waals surface area contributed by atoms with Gasteiger partial charge in [-0.25, -0.2) is 4.98 Å². The number of imidazole rings is 1. The van der Waals surface area contributed by atoms with Crippen LogP contribution in [0, 0.1) is 0 Å². The highest BCUT2D eigenvalue weighted by Gasteiger charge is 2.19. The van der Waals surface area contributed by atoms with Gasteiger partial charge in [0, 0.05) is 18.8 Å². The van der Waals surface area contributed by atoms with Crippen LogP contribution in [-0.2, 0) is 13.1 Å². The van der Waals surface area contributed by atoms with Crippen LogP contribution < -0.4 is 5.73 Å². The van der Waals surface area contributed by atoms with Crippen molar-refractivity contribution in [3.05, 3.63) is 17.7 Å². The van der Waals surface area contributed by atoms with Crippen molar-refractivity contribution in [2.75, 3.05) is 0 Å². The van der Waals surface area contributed by atoms with Crippen LogP contribution in [-0.4, -0.2) is 9.55 Å². The largest absolute Gasteiger partial charge is 0.334 e. The van der Waals surface area contributed by atoms with E-state index in [2.05, 4.69) is 16.5 Å². The summed E-state index contributed by atoms with van der Waals surface area (Å²) in [6.45, 7) is 3.95. The zero-order valence-corrected chi connectivity index (χ0v) is 7.45. The molecule has 0 bridgehead atoms. The van der Waals surface area contributed by atoms with E-state index in [4.69, 9.17) is 5.73 Å². The maximum atomic E-state index is 5.60. The van der Waals surface area contributed by atoms with Crippen molar-refractivity contribution in [1.82, 2.24) is 9.55 Å². The Labute approximate surface area is 72.6 Å². The summed E-state index contributed by atoms with van der Waals surface area (Å²) in [5.74, 6) is 0.639. The van der Waals surface area contributed by atoms with Crippen LogP contribution in [0.3, 0.4) is 0 Å². The molecule has 66 valence electrons. The van der Waals surface area contributed by atoms with Gasteiger partial charge in [0.15, 0.2) is 0 Å². The monoisotopic (exact) mass is 165 g/mol. The first-order chi connectivity index (χ1) is 5.83. The Balaban J connectivity index is 2.43. The SMILES string of the molecule is CC1CCCn2cnc(CN)c21. The average molecular weight is 165 g/mol. The molecule has 2 heterocycles. The molecule has 1 aliphatic heterocycles. The highest BCUT2D eigenvalue weighted by molar-refractivity contribution is 5.18. The van der Waals surface area contributed by atoms with Gasteiger partial charge in [0.05, 0.1) is 12.0 Å². The number of nitrogens with zero attached hydrogens (tertiary/aromatic N) is 2. The molecule has 1 aromatic heterocycles. The summed E-state index contributed by atoms with van der Waals surface area (Å²) < 4.78 is 2.25. The summed E-state index contributed by atoms with van der Waals surface area (Å²) in [4.78, 5) is 4.30. The molecule has 1 aromatic rings. The zero-order chi connectivity index (χ0) is 8.55. The average Bonchev–Trinajstić information content (AvgIpc) is 2.49. The van der Waals surface area contributed by atoms with Gasteiger partial charge in [-0.3, -0.25) is 0 Å². The summed E-state index contributed by atoms with van der Waals surface area (Å²) in [6, 6.07) is 0. The number of rotatable bonds is 1. The fraction of sp³-hybridized carbons (Fsp3) is 0.667. The van der Waals surface area contributed by atoms with Crippen molar-refractivity contribution >= 4 is 0 Å². The van der Waals surface area contributed by atoms with E-state index >= 15 is 0 Å². The third kappa shape index (κ3) is 1.05. The van der Waals surface area contributed by atoms with Crippen molar-refractivity contribution in [2.45, 2.75) is 38.8 Å². The molecule has 2 rings (SSSR count). The van der Waals surface area contributed by atoms with Gasteiger partial charge in [-0.15, -0.1) is 0 Å². The number of aryl methyl sites for hydroxylation is 1. The lowest BCUT2D eigenvalue weighted by Crippen LogP contribution is -2.15. The quantitative estimate of drug-likeness (QED) is 0.680. The molecule has 2 N–H and O–H groups in total. The summed E-state index contributed by atoms with van der Waals surface area (Å²) >= 11 is 0. The Morgan fingerprint density at radius 1 is 1.75 bits per heavy atom. The van der Waals surface area contributed by atoms with Gasteiger partial charge >= 0.3 is 0 Å².